The van der Waals surface area contributed by atoms with Crippen LogP contribution in [0.5, 0.6) is 5.75 Å². The van der Waals surface area contributed by atoms with Gasteiger partial charge in [0.2, 0.25) is 0 Å². The van der Waals surface area contributed by atoms with Crippen LogP contribution in [-0.2, 0) is 11.2 Å². The molecule has 26 heavy (non-hydrogen) atoms. The van der Waals surface area contributed by atoms with Crippen LogP contribution >= 0.6 is 0 Å². The van der Waals surface area contributed by atoms with E-state index in [9.17, 15) is 4.79 Å². The minimum absolute atomic E-state index is 0.0701. The van der Waals surface area contributed by atoms with Gasteiger partial charge in [-0.2, -0.15) is 0 Å². The molecular formula is C23H31NO2. The maximum Gasteiger partial charge on any atom is 0.260 e. The Morgan fingerprint density at radius 3 is 2.19 bits per heavy atom. The highest BCUT2D eigenvalue weighted by Gasteiger charge is 2.14. The quantitative estimate of drug-likeness (QED) is 0.682. The lowest BCUT2D eigenvalue weighted by atomic mass is 10.0. The van der Waals surface area contributed by atoms with E-state index in [2.05, 4.69) is 49.5 Å². The summed E-state index contributed by atoms with van der Waals surface area (Å²) in [4.78, 5) is 12.2. The molecule has 0 aliphatic rings. The van der Waals surface area contributed by atoms with Gasteiger partial charge in [0, 0.05) is 6.54 Å². The van der Waals surface area contributed by atoms with E-state index >= 15 is 0 Å². The fraction of sp³-hybridized carbons (Fsp3) is 0.435. The first kappa shape index (κ1) is 20.0. The molecule has 0 saturated heterocycles. The van der Waals surface area contributed by atoms with Crippen LogP contribution in [0, 0.1) is 13.8 Å². The maximum atomic E-state index is 12.2. The summed E-state index contributed by atoms with van der Waals surface area (Å²) in [6.07, 6.45) is 1.38. The standard InChI is InChI=1S/C23H31NO2/c1-16(2)21-10-8-20(9-11-21)7-6-12-24-23(25)19(5)26-22-14-17(3)13-18(4)15-22/h8-11,13-16,19H,6-7,12H2,1-5H3,(H,24,25). The van der Waals surface area contributed by atoms with E-state index in [1.165, 1.54) is 11.1 Å². The van der Waals surface area contributed by atoms with E-state index in [0.717, 1.165) is 29.7 Å². The van der Waals surface area contributed by atoms with Crippen molar-refractivity contribution in [2.45, 2.75) is 59.5 Å². The second-order valence-electron chi connectivity index (χ2n) is 7.37. The van der Waals surface area contributed by atoms with Crippen LogP contribution in [0.15, 0.2) is 42.5 Å². The molecule has 1 N–H and O–H groups in total. The van der Waals surface area contributed by atoms with Gasteiger partial charge in [0.1, 0.15) is 5.75 Å². The second kappa shape index (κ2) is 9.42. The average Bonchev–Trinajstić information content (AvgIpc) is 2.58. The molecule has 3 heteroatoms. The largest absolute Gasteiger partial charge is 0.481 e. The van der Waals surface area contributed by atoms with E-state index in [4.69, 9.17) is 4.74 Å². The number of carbonyl (C=O) groups excluding carboxylic acids is 1. The molecule has 0 radical (unpaired) electrons. The average molecular weight is 354 g/mol. The van der Waals surface area contributed by atoms with Gasteiger partial charge in [-0.05, 0) is 73.9 Å². The molecule has 1 amide bonds. The Morgan fingerprint density at radius 1 is 1.00 bits per heavy atom. The number of hydrogen-bond acceptors (Lipinski definition) is 2. The van der Waals surface area contributed by atoms with E-state index in [1.807, 2.05) is 26.0 Å². The Labute approximate surface area is 157 Å². The van der Waals surface area contributed by atoms with E-state index < -0.39 is 6.10 Å². The summed E-state index contributed by atoms with van der Waals surface area (Å²) >= 11 is 0. The normalized spacial score (nSPS) is 12.1. The number of ether oxygens (including phenoxy) is 1. The molecule has 1 unspecified atom stereocenters. The van der Waals surface area contributed by atoms with Crippen molar-refractivity contribution < 1.29 is 9.53 Å². The summed E-state index contributed by atoms with van der Waals surface area (Å²) in [7, 11) is 0. The van der Waals surface area contributed by atoms with Crippen LogP contribution in [0.25, 0.3) is 0 Å². The number of hydrogen-bond donors (Lipinski definition) is 1. The summed E-state index contributed by atoms with van der Waals surface area (Å²) in [5.41, 5.74) is 4.94. The first-order valence-electron chi connectivity index (χ1n) is 9.46. The van der Waals surface area contributed by atoms with Crippen molar-refractivity contribution in [3.05, 3.63) is 64.7 Å². The summed E-state index contributed by atoms with van der Waals surface area (Å²) in [6.45, 7) is 10.9. The predicted octanol–water partition coefficient (Wildman–Crippen LogP) is 4.94. The SMILES string of the molecule is Cc1cc(C)cc(OC(C)C(=O)NCCCc2ccc(C(C)C)cc2)c1. The zero-order valence-electron chi connectivity index (χ0n) is 16.6. The first-order valence-corrected chi connectivity index (χ1v) is 9.46. The Hall–Kier alpha value is -2.29. The molecule has 3 nitrogen and oxygen atoms in total. The first-order chi connectivity index (χ1) is 12.3. The Bertz CT molecular complexity index is 699. The third-order valence-corrected chi connectivity index (χ3v) is 4.47. The molecular weight excluding hydrogens is 322 g/mol. The fourth-order valence-corrected chi connectivity index (χ4v) is 2.98. The van der Waals surface area contributed by atoms with Crippen LogP contribution < -0.4 is 10.1 Å². The zero-order chi connectivity index (χ0) is 19.1. The van der Waals surface area contributed by atoms with Crippen LogP contribution in [0.1, 0.15) is 55.4 Å². The Balaban J connectivity index is 1.73. The number of carbonyl (C=O) groups is 1. The van der Waals surface area contributed by atoms with Gasteiger partial charge in [-0.3, -0.25) is 4.79 Å². The molecule has 0 bridgehead atoms. The van der Waals surface area contributed by atoms with Crippen molar-refractivity contribution in [1.29, 1.82) is 0 Å². The lowest BCUT2D eigenvalue weighted by molar-refractivity contribution is -0.127. The number of rotatable bonds is 8. The van der Waals surface area contributed by atoms with Crippen molar-refractivity contribution in [3.8, 4) is 5.75 Å². The molecule has 0 aliphatic heterocycles. The highest BCUT2D eigenvalue weighted by Crippen LogP contribution is 2.18. The summed E-state index contributed by atoms with van der Waals surface area (Å²) in [6, 6.07) is 14.8. The van der Waals surface area contributed by atoms with E-state index in [1.54, 1.807) is 6.92 Å². The smallest absolute Gasteiger partial charge is 0.260 e. The number of benzene rings is 2. The van der Waals surface area contributed by atoms with Crippen molar-refractivity contribution in [3.63, 3.8) is 0 Å². The van der Waals surface area contributed by atoms with Gasteiger partial charge in [0.05, 0.1) is 0 Å². The lowest BCUT2D eigenvalue weighted by Crippen LogP contribution is -2.37. The fourth-order valence-electron chi connectivity index (χ4n) is 2.98. The van der Waals surface area contributed by atoms with Crippen molar-refractivity contribution >= 4 is 5.91 Å². The molecule has 2 aromatic carbocycles. The van der Waals surface area contributed by atoms with Crippen LogP contribution in [-0.4, -0.2) is 18.6 Å². The van der Waals surface area contributed by atoms with E-state index in [-0.39, 0.29) is 5.91 Å². The van der Waals surface area contributed by atoms with Gasteiger partial charge in [0.25, 0.3) is 5.91 Å². The van der Waals surface area contributed by atoms with Gasteiger partial charge in [-0.1, -0.05) is 44.2 Å². The third kappa shape index (κ3) is 6.21. The Morgan fingerprint density at radius 2 is 1.62 bits per heavy atom. The highest BCUT2D eigenvalue weighted by molar-refractivity contribution is 5.80. The van der Waals surface area contributed by atoms with Crippen molar-refractivity contribution in [2.24, 2.45) is 0 Å². The zero-order valence-corrected chi connectivity index (χ0v) is 16.6. The summed E-state index contributed by atoms with van der Waals surface area (Å²) in [5.74, 6) is 1.23. The van der Waals surface area contributed by atoms with Crippen LogP contribution in [0.2, 0.25) is 0 Å². The second-order valence-corrected chi connectivity index (χ2v) is 7.37. The molecule has 2 aromatic rings. The van der Waals surface area contributed by atoms with Gasteiger partial charge in [0.15, 0.2) is 6.10 Å². The molecule has 140 valence electrons. The summed E-state index contributed by atoms with van der Waals surface area (Å²) < 4.78 is 5.78. The van der Waals surface area contributed by atoms with Gasteiger partial charge >= 0.3 is 0 Å². The van der Waals surface area contributed by atoms with Gasteiger partial charge in [-0.25, -0.2) is 0 Å². The number of aryl methyl sites for hydroxylation is 3. The maximum absolute atomic E-state index is 12.2. The topological polar surface area (TPSA) is 38.3 Å². The molecule has 0 saturated carbocycles. The minimum Gasteiger partial charge on any atom is -0.481 e. The number of nitrogens with one attached hydrogen (secondary N) is 1. The lowest BCUT2D eigenvalue weighted by Gasteiger charge is -2.15. The van der Waals surface area contributed by atoms with Crippen LogP contribution in [0.3, 0.4) is 0 Å². The summed E-state index contributed by atoms with van der Waals surface area (Å²) in [5, 5.41) is 2.97. The van der Waals surface area contributed by atoms with Crippen molar-refractivity contribution in [1.82, 2.24) is 5.32 Å². The highest BCUT2D eigenvalue weighted by atomic mass is 16.5. The molecule has 0 aliphatic carbocycles. The molecule has 2 rings (SSSR count). The molecule has 1 atom stereocenters. The van der Waals surface area contributed by atoms with Gasteiger partial charge < -0.3 is 10.1 Å². The van der Waals surface area contributed by atoms with E-state index in [0.29, 0.717) is 12.5 Å². The van der Waals surface area contributed by atoms with Gasteiger partial charge in [-0.15, -0.1) is 0 Å². The molecule has 0 spiro atoms. The molecule has 0 heterocycles. The molecule has 0 fully saturated rings. The number of amides is 1. The predicted molar refractivity (Wildman–Crippen MR) is 108 cm³/mol. The molecule has 0 aromatic heterocycles. The van der Waals surface area contributed by atoms with Crippen LogP contribution in [0.4, 0.5) is 0 Å². The van der Waals surface area contributed by atoms with Crippen molar-refractivity contribution in [2.75, 3.05) is 6.54 Å². The monoisotopic (exact) mass is 353 g/mol. The Kier molecular flexibility index (Phi) is 7.26. The minimum atomic E-state index is -0.499. The third-order valence-electron chi connectivity index (χ3n) is 4.47.